The summed E-state index contributed by atoms with van der Waals surface area (Å²) in [6.45, 7) is 5.51. The van der Waals surface area contributed by atoms with E-state index in [1.54, 1.807) is 10.7 Å². The van der Waals surface area contributed by atoms with Crippen LogP contribution in [0.5, 0.6) is 0 Å². The van der Waals surface area contributed by atoms with Gasteiger partial charge < -0.3 is 10.2 Å². The summed E-state index contributed by atoms with van der Waals surface area (Å²) in [5.74, 6) is 1.07. The van der Waals surface area contributed by atoms with Crippen LogP contribution in [0.15, 0.2) is 24.5 Å². The van der Waals surface area contributed by atoms with Crippen LogP contribution in [-0.2, 0) is 0 Å². The van der Waals surface area contributed by atoms with Gasteiger partial charge in [-0.15, -0.1) is 0 Å². The molecule has 2 aromatic heterocycles. The molecule has 102 valence electrons. The average Bonchev–Trinajstić information content (AvgIpc) is 2.93. The Balaban J connectivity index is 1.64. The van der Waals surface area contributed by atoms with Gasteiger partial charge in [-0.3, -0.25) is 0 Å². The lowest BCUT2D eigenvalue weighted by Gasteiger charge is -2.33. The maximum absolute atomic E-state index is 4.65. The fourth-order valence-electron chi connectivity index (χ4n) is 2.64. The number of fused-ring (bicyclic) bond motifs is 1. The lowest BCUT2D eigenvalue weighted by molar-refractivity contribution is 0.414. The molecule has 5 heteroatoms. The largest absolute Gasteiger partial charge is 0.356 e. The molecule has 5 nitrogen and oxygen atoms in total. The van der Waals surface area contributed by atoms with Gasteiger partial charge in [-0.2, -0.15) is 5.10 Å². The van der Waals surface area contributed by atoms with Gasteiger partial charge >= 0.3 is 0 Å². The molecule has 0 saturated carbocycles. The van der Waals surface area contributed by atoms with Gasteiger partial charge in [0.15, 0.2) is 5.65 Å². The van der Waals surface area contributed by atoms with Crippen LogP contribution in [0.2, 0.25) is 0 Å². The van der Waals surface area contributed by atoms with Gasteiger partial charge in [0.25, 0.3) is 0 Å². The molecule has 0 bridgehead atoms. The molecular weight excluding hydrogens is 238 g/mol. The molecule has 0 aromatic carbocycles. The van der Waals surface area contributed by atoms with E-state index in [-0.39, 0.29) is 0 Å². The van der Waals surface area contributed by atoms with E-state index in [4.69, 9.17) is 0 Å². The highest BCUT2D eigenvalue weighted by atomic mass is 15.3. The Kier molecular flexibility index (Phi) is 3.64. The maximum atomic E-state index is 4.65. The van der Waals surface area contributed by atoms with E-state index in [0.29, 0.717) is 6.04 Å². The van der Waals surface area contributed by atoms with Crippen LogP contribution in [0.3, 0.4) is 0 Å². The van der Waals surface area contributed by atoms with Crippen LogP contribution < -0.4 is 10.2 Å². The van der Waals surface area contributed by atoms with E-state index < -0.39 is 0 Å². The van der Waals surface area contributed by atoms with E-state index in [0.717, 1.165) is 31.1 Å². The number of aromatic nitrogens is 3. The van der Waals surface area contributed by atoms with Crippen molar-refractivity contribution in [2.45, 2.75) is 32.2 Å². The molecule has 0 radical (unpaired) electrons. The Labute approximate surface area is 113 Å². The van der Waals surface area contributed by atoms with Gasteiger partial charge in [0, 0.05) is 31.4 Å². The van der Waals surface area contributed by atoms with Gasteiger partial charge in [-0.25, -0.2) is 9.50 Å². The van der Waals surface area contributed by atoms with Crippen LogP contribution >= 0.6 is 0 Å². The number of hydrogen-bond donors (Lipinski definition) is 1. The van der Waals surface area contributed by atoms with Gasteiger partial charge in [-0.1, -0.05) is 6.92 Å². The highest BCUT2D eigenvalue weighted by molar-refractivity contribution is 5.47. The van der Waals surface area contributed by atoms with E-state index in [1.807, 2.05) is 12.3 Å². The van der Waals surface area contributed by atoms with Crippen molar-refractivity contribution >= 4 is 11.5 Å². The van der Waals surface area contributed by atoms with Crippen molar-refractivity contribution in [2.75, 3.05) is 24.5 Å². The summed E-state index contributed by atoms with van der Waals surface area (Å²) >= 11 is 0. The predicted molar refractivity (Wildman–Crippen MR) is 76.5 cm³/mol. The molecule has 1 saturated heterocycles. The van der Waals surface area contributed by atoms with E-state index in [1.165, 1.54) is 19.3 Å². The smallest absolute Gasteiger partial charge is 0.157 e. The Hall–Kier alpha value is -1.62. The summed E-state index contributed by atoms with van der Waals surface area (Å²) in [5, 5.41) is 7.78. The van der Waals surface area contributed by atoms with Crippen molar-refractivity contribution < 1.29 is 0 Å². The standard InChI is InChI=1S/C14H21N5/c1-2-7-15-12-4-9-18(10-5-12)13-6-11-19-14(17-13)3-8-16-19/h3,6,8,11-12,15H,2,4-5,7,9-10H2,1H3. The molecular formula is C14H21N5. The number of nitrogens with zero attached hydrogens (tertiary/aromatic N) is 4. The first kappa shape index (κ1) is 12.4. The Morgan fingerprint density at radius 1 is 1.32 bits per heavy atom. The molecule has 3 rings (SSSR count). The summed E-state index contributed by atoms with van der Waals surface area (Å²) in [4.78, 5) is 7.02. The normalized spacial score (nSPS) is 17.2. The molecule has 1 fully saturated rings. The first-order valence-corrected chi connectivity index (χ1v) is 7.15. The minimum Gasteiger partial charge on any atom is -0.356 e. The van der Waals surface area contributed by atoms with Gasteiger partial charge in [0.05, 0.1) is 6.20 Å². The third-order valence-electron chi connectivity index (χ3n) is 3.75. The first-order valence-electron chi connectivity index (χ1n) is 7.15. The Bertz CT molecular complexity index is 527. The molecule has 0 unspecified atom stereocenters. The monoisotopic (exact) mass is 259 g/mol. The molecule has 1 aliphatic rings. The SMILES string of the molecule is CCCNC1CCN(c2ccn3nccc3n2)CC1. The lowest BCUT2D eigenvalue weighted by Crippen LogP contribution is -2.43. The van der Waals surface area contributed by atoms with Crippen molar-refractivity contribution in [1.29, 1.82) is 0 Å². The predicted octanol–water partition coefficient (Wildman–Crippen LogP) is 1.70. The summed E-state index contributed by atoms with van der Waals surface area (Å²) < 4.78 is 1.80. The summed E-state index contributed by atoms with van der Waals surface area (Å²) in [6.07, 6.45) is 7.38. The highest BCUT2D eigenvalue weighted by Gasteiger charge is 2.19. The average molecular weight is 259 g/mol. The molecule has 3 heterocycles. The molecule has 1 aliphatic heterocycles. The summed E-state index contributed by atoms with van der Waals surface area (Å²) in [7, 11) is 0. The molecule has 19 heavy (non-hydrogen) atoms. The number of rotatable bonds is 4. The minimum absolute atomic E-state index is 0.676. The van der Waals surface area contributed by atoms with E-state index in [2.05, 4.69) is 33.3 Å². The second-order valence-electron chi connectivity index (χ2n) is 5.14. The van der Waals surface area contributed by atoms with E-state index >= 15 is 0 Å². The van der Waals surface area contributed by atoms with Crippen LogP contribution in [0.4, 0.5) is 5.82 Å². The van der Waals surface area contributed by atoms with Gasteiger partial charge in [-0.05, 0) is 31.9 Å². The second kappa shape index (κ2) is 5.57. The quantitative estimate of drug-likeness (QED) is 0.907. The maximum Gasteiger partial charge on any atom is 0.157 e. The summed E-state index contributed by atoms with van der Waals surface area (Å²) in [5.41, 5.74) is 0.920. The Morgan fingerprint density at radius 2 is 2.16 bits per heavy atom. The number of piperidine rings is 1. The lowest BCUT2D eigenvalue weighted by atomic mass is 10.1. The van der Waals surface area contributed by atoms with Gasteiger partial charge in [0.2, 0.25) is 0 Å². The fraction of sp³-hybridized carbons (Fsp3) is 0.571. The van der Waals surface area contributed by atoms with E-state index in [9.17, 15) is 0 Å². The highest BCUT2D eigenvalue weighted by Crippen LogP contribution is 2.18. The third kappa shape index (κ3) is 2.71. The molecule has 0 spiro atoms. The number of nitrogens with one attached hydrogen (secondary N) is 1. The minimum atomic E-state index is 0.676. The van der Waals surface area contributed by atoms with Crippen LogP contribution in [-0.4, -0.2) is 40.3 Å². The molecule has 2 aromatic rings. The fourth-order valence-corrected chi connectivity index (χ4v) is 2.64. The second-order valence-corrected chi connectivity index (χ2v) is 5.14. The molecule has 1 N–H and O–H groups in total. The summed E-state index contributed by atoms with van der Waals surface area (Å²) in [6, 6.07) is 4.67. The van der Waals surface area contributed by atoms with Gasteiger partial charge in [0.1, 0.15) is 5.82 Å². The molecule has 0 atom stereocenters. The van der Waals surface area contributed by atoms with Crippen LogP contribution in [0.1, 0.15) is 26.2 Å². The van der Waals surface area contributed by atoms with Crippen molar-refractivity contribution in [3.8, 4) is 0 Å². The van der Waals surface area contributed by atoms with Crippen molar-refractivity contribution in [2.24, 2.45) is 0 Å². The number of hydrogen-bond acceptors (Lipinski definition) is 4. The van der Waals surface area contributed by atoms with Crippen molar-refractivity contribution in [3.63, 3.8) is 0 Å². The molecule has 0 aliphatic carbocycles. The van der Waals surface area contributed by atoms with Crippen molar-refractivity contribution in [3.05, 3.63) is 24.5 Å². The molecule has 0 amide bonds. The van der Waals surface area contributed by atoms with Crippen molar-refractivity contribution in [1.82, 2.24) is 19.9 Å². The van der Waals surface area contributed by atoms with Crippen LogP contribution in [0, 0.1) is 0 Å². The zero-order chi connectivity index (χ0) is 13.1. The zero-order valence-electron chi connectivity index (χ0n) is 11.4. The Morgan fingerprint density at radius 3 is 2.95 bits per heavy atom. The topological polar surface area (TPSA) is 45.5 Å². The first-order chi connectivity index (χ1) is 9.36. The zero-order valence-corrected chi connectivity index (χ0v) is 11.4. The number of anilines is 1. The third-order valence-corrected chi connectivity index (χ3v) is 3.75. The van der Waals surface area contributed by atoms with Crippen LogP contribution in [0.25, 0.3) is 5.65 Å².